The molecule has 2 heterocycles. The van der Waals surface area contributed by atoms with E-state index in [4.69, 9.17) is 4.42 Å². The fourth-order valence-electron chi connectivity index (χ4n) is 2.06. The standard InChI is InChI=1S/C11H15N3O4S2/c15-9(12-8-1-2-8)5-19-11-14-13-10(18-11)7-3-4-20(16,17)6-7/h7-8H,1-6H2,(H,12,15)/t7-/m0/s1. The molecule has 1 N–H and O–H groups in total. The predicted molar refractivity (Wildman–Crippen MR) is 72.2 cm³/mol. The first kappa shape index (κ1) is 13.9. The first-order valence-corrected chi connectivity index (χ1v) is 9.28. The quantitative estimate of drug-likeness (QED) is 0.781. The number of rotatable bonds is 5. The molecule has 1 saturated carbocycles. The number of thioether (sulfide) groups is 1. The Balaban J connectivity index is 1.52. The third-order valence-corrected chi connectivity index (χ3v) is 5.86. The van der Waals surface area contributed by atoms with Crippen molar-refractivity contribution in [2.24, 2.45) is 0 Å². The lowest BCUT2D eigenvalue weighted by molar-refractivity contribution is -0.118. The molecule has 7 nitrogen and oxygen atoms in total. The third kappa shape index (κ3) is 3.51. The zero-order valence-electron chi connectivity index (χ0n) is 10.7. The maximum atomic E-state index is 11.5. The molecule has 3 rings (SSSR count). The summed E-state index contributed by atoms with van der Waals surface area (Å²) in [7, 11) is -2.97. The molecule has 0 aromatic carbocycles. The van der Waals surface area contributed by atoms with Gasteiger partial charge >= 0.3 is 0 Å². The zero-order chi connectivity index (χ0) is 14.2. The Labute approximate surface area is 120 Å². The van der Waals surface area contributed by atoms with Crippen LogP contribution < -0.4 is 5.32 Å². The largest absolute Gasteiger partial charge is 0.416 e. The highest BCUT2D eigenvalue weighted by molar-refractivity contribution is 7.99. The van der Waals surface area contributed by atoms with Gasteiger partial charge in [-0.3, -0.25) is 4.79 Å². The Kier molecular flexibility index (Phi) is 3.72. The number of hydrogen-bond acceptors (Lipinski definition) is 7. The molecule has 1 aromatic heterocycles. The molecule has 110 valence electrons. The average Bonchev–Trinajstić information content (AvgIpc) is 2.94. The minimum Gasteiger partial charge on any atom is -0.416 e. The van der Waals surface area contributed by atoms with Crippen molar-refractivity contribution < 1.29 is 17.6 Å². The lowest BCUT2D eigenvalue weighted by atomic mass is 10.1. The van der Waals surface area contributed by atoms with E-state index in [1.807, 2.05) is 0 Å². The van der Waals surface area contributed by atoms with E-state index in [0.29, 0.717) is 23.6 Å². The van der Waals surface area contributed by atoms with Gasteiger partial charge in [-0.05, 0) is 19.3 Å². The van der Waals surface area contributed by atoms with E-state index in [1.165, 1.54) is 11.8 Å². The molecule has 0 bridgehead atoms. The Hall–Kier alpha value is -1.09. The molecule has 1 saturated heterocycles. The van der Waals surface area contributed by atoms with Gasteiger partial charge in [-0.2, -0.15) is 0 Å². The van der Waals surface area contributed by atoms with Crippen LogP contribution in [0.15, 0.2) is 9.64 Å². The molecule has 0 spiro atoms. The average molecular weight is 317 g/mol. The Bertz CT molecular complexity index is 609. The van der Waals surface area contributed by atoms with Crippen LogP contribution in [0, 0.1) is 0 Å². The van der Waals surface area contributed by atoms with Crippen LogP contribution in [0.4, 0.5) is 0 Å². The number of nitrogens with zero attached hydrogens (tertiary/aromatic N) is 2. The monoisotopic (exact) mass is 317 g/mol. The number of carbonyl (C=O) groups is 1. The first-order valence-electron chi connectivity index (χ1n) is 6.48. The number of nitrogens with one attached hydrogen (secondary N) is 1. The smallest absolute Gasteiger partial charge is 0.277 e. The summed E-state index contributed by atoms with van der Waals surface area (Å²) in [5.74, 6) is 0.591. The van der Waals surface area contributed by atoms with Gasteiger partial charge in [-0.15, -0.1) is 10.2 Å². The number of aromatic nitrogens is 2. The van der Waals surface area contributed by atoms with Gasteiger partial charge in [0.05, 0.1) is 23.2 Å². The van der Waals surface area contributed by atoms with Gasteiger partial charge in [-0.1, -0.05) is 11.8 Å². The summed E-state index contributed by atoms with van der Waals surface area (Å²) in [6.07, 6.45) is 2.63. The molecule has 0 unspecified atom stereocenters. The number of carbonyl (C=O) groups excluding carboxylic acids is 1. The molecular weight excluding hydrogens is 302 g/mol. The van der Waals surface area contributed by atoms with Gasteiger partial charge in [0.25, 0.3) is 5.22 Å². The number of amides is 1. The summed E-state index contributed by atoms with van der Waals surface area (Å²) in [6, 6.07) is 0.338. The van der Waals surface area contributed by atoms with E-state index < -0.39 is 9.84 Å². The maximum absolute atomic E-state index is 11.5. The lowest BCUT2D eigenvalue weighted by Gasteiger charge is -2.00. The predicted octanol–water partition coefficient (Wildman–Crippen LogP) is 0.342. The summed E-state index contributed by atoms with van der Waals surface area (Å²) >= 11 is 1.18. The molecular formula is C11H15N3O4S2. The van der Waals surface area contributed by atoms with E-state index in [-0.39, 0.29) is 29.1 Å². The van der Waals surface area contributed by atoms with Gasteiger partial charge < -0.3 is 9.73 Å². The van der Waals surface area contributed by atoms with Crippen LogP contribution in [0.25, 0.3) is 0 Å². The van der Waals surface area contributed by atoms with E-state index in [2.05, 4.69) is 15.5 Å². The third-order valence-electron chi connectivity index (χ3n) is 3.27. The van der Waals surface area contributed by atoms with Crippen molar-refractivity contribution in [2.45, 2.75) is 36.4 Å². The highest BCUT2D eigenvalue weighted by Gasteiger charge is 2.32. The molecule has 1 aliphatic heterocycles. The number of sulfone groups is 1. The van der Waals surface area contributed by atoms with Crippen molar-refractivity contribution >= 4 is 27.5 Å². The zero-order valence-corrected chi connectivity index (χ0v) is 12.4. The van der Waals surface area contributed by atoms with Crippen molar-refractivity contribution in [1.82, 2.24) is 15.5 Å². The molecule has 1 amide bonds. The summed E-state index contributed by atoms with van der Waals surface area (Å²) in [5, 5.41) is 10.9. The SMILES string of the molecule is O=C(CSc1nnc([C@H]2CCS(=O)(=O)C2)o1)NC1CC1. The van der Waals surface area contributed by atoms with Crippen LogP contribution in [0.1, 0.15) is 31.1 Å². The number of hydrogen-bond donors (Lipinski definition) is 1. The van der Waals surface area contributed by atoms with E-state index >= 15 is 0 Å². The van der Waals surface area contributed by atoms with Crippen molar-refractivity contribution in [2.75, 3.05) is 17.3 Å². The van der Waals surface area contributed by atoms with E-state index in [0.717, 1.165) is 12.8 Å². The van der Waals surface area contributed by atoms with Crippen molar-refractivity contribution in [3.63, 3.8) is 0 Å². The van der Waals surface area contributed by atoms with Gasteiger partial charge in [0.2, 0.25) is 11.8 Å². The molecule has 1 aliphatic carbocycles. The van der Waals surface area contributed by atoms with Gasteiger partial charge in [-0.25, -0.2) is 8.42 Å². The van der Waals surface area contributed by atoms with Crippen LogP contribution in [-0.4, -0.2) is 47.8 Å². The summed E-state index contributed by atoms with van der Waals surface area (Å²) in [6.45, 7) is 0. The molecule has 1 aromatic rings. The van der Waals surface area contributed by atoms with Crippen LogP contribution in [0.2, 0.25) is 0 Å². The second-order valence-electron chi connectivity index (χ2n) is 5.14. The maximum Gasteiger partial charge on any atom is 0.277 e. The Morgan fingerprint density at radius 1 is 1.35 bits per heavy atom. The molecule has 9 heteroatoms. The highest BCUT2D eigenvalue weighted by atomic mass is 32.2. The van der Waals surface area contributed by atoms with Crippen molar-refractivity contribution in [3.05, 3.63) is 5.89 Å². The van der Waals surface area contributed by atoms with Crippen molar-refractivity contribution in [3.8, 4) is 0 Å². The summed E-state index contributed by atoms with van der Waals surface area (Å²) in [5.41, 5.74) is 0. The second-order valence-corrected chi connectivity index (χ2v) is 8.29. The van der Waals surface area contributed by atoms with Gasteiger partial charge in [0, 0.05) is 6.04 Å². The Morgan fingerprint density at radius 3 is 2.80 bits per heavy atom. The second kappa shape index (κ2) is 5.36. The van der Waals surface area contributed by atoms with Crippen LogP contribution in [0.5, 0.6) is 0 Å². The minimum atomic E-state index is -2.97. The summed E-state index contributed by atoms with van der Waals surface area (Å²) in [4.78, 5) is 11.5. The van der Waals surface area contributed by atoms with E-state index in [9.17, 15) is 13.2 Å². The Morgan fingerprint density at radius 2 is 2.15 bits per heavy atom. The van der Waals surface area contributed by atoms with Crippen molar-refractivity contribution in [1.29, 1.82) is 0 Å². The van der Waals surface area contributed by atoms with Crippen LogP contribution in [0.3, 0.4) is 0 Å². The molecule has 20 heavy (non-hydrogen) atoms. The topological polar surface area (TPSA) is 102 Å². The van der Waals surface area contributed by atoms with Crippen LogP contribution in [-0.2, 0) is 14.6 Å². The fourth-order valence-corrected chi connectivity index (χ4v) is 4.37. The molecule has 2 fully saturated rings. The van der Waals surface area contributed by atoms with Gasteiger partial charge in [0.15, 0.2) is 9.84 Å². The molecule has 1 atom stereocenters. The van der Waals surface area contributed by atoms with Crippen LogP contribution >= 0.6 is 11.8 Å². The van der Waals surface area contributed by atoms with Gasteiger partial charge in [0.1, 0.15) is 0 Å². The first-order chi connectivity index (χ1) is 9.52. The molecule has 0 radical (unpaired) electrons. The minimum absolute atomic E-state index is 0.0410. The summed E-state index contributed by atoms with van der Waals surface area (Å²) < 4.78 is 28.2. The molecule has 2 aliphatic rings. The normalized spacial score (nSPS) is 24.7. The highest BCUT2D eigenvalue weighted by Crippen LogP contribution is 2.29. The van der Waals surface area contributed by atoms with E-state index in [1.54, 1.807) is 0 Å². The fraction of sp³-hybridized carbons (Fsp3) is 0.727. The lowest BCUT2D eigenvalue weighted by Crippen LogP contribution is -2.26.